The van der Waals surface area contributed by atoms with Crippen molar-refractivity contribution < 1.29 is 29.0 Å². The summed E-state index contributed by atoms with van der Waals surface area (Å²) < 4.78 is 11.6. The molecule has 0 spiro atoms. The van der Waals surface area contributed by atoms with Crippen molar-refractivity contribution in [3.63, 3.8) is 0 Å². The van der Waals surface area contributed by atoms with Gasteiger partial charge < -0.3 is 30.0 Å². The Balaban J connectivity index is 1.97. The van der Waals surface area contributed by atoms with Crippen molar-refractivity contribution in [2.45, 2.75) is 150 Å². The minimum atomic E-state index is -1.19. The van der Waals surface area contributed by atoms with Crippen LogP contribution < -0.4 is 15.7 Å². The van der Waals surface area contributed by atoms with Gasteiger partial charge in [0.25, 0.3) is 0 Å². The van der Waals surface area contributed by atoms with Gasteiger partial charge in [0.2, 0.25) is 11.8 Å². The summed E-state index contributed by atoms with van der Waals surface area (Å²) in [7, 11) is 0. The van der Waals surface area contributed by atoms with Crippen molar-refractivity contribution >= 4 is 17.8 Å². The molecule has 1 aliphatic heterocycles. The summed E-state index contributed by atoms with van der Waals surface area (Å²) in [6.45, 7) is 14.0. The van der Waals surface area contributed by atoms with E-state index in [-0.39, 0.29) is 42.2 Å². The lowest BCUT2D eigenvalue weighted by atomic mass is 9.75. The Morgan fingerprint density at radius 1 is 0.927 bits per heavy atom. The van der Waals surface area contributed by atoms with E-state index in [0.29, 0.717) is 13.0 Å². The zero-order valence-corrected chi connectivity index (χ0v) is 27.0. The maximum Gasteiger partial charge on any atom is 0.249 e. The van der Waals surface area contributed by atoms with Crippen LogP contribution in [0, 0.1) is 29.1 Å². The number of ether oxygens (including phenoxy) is 2. The number of amides is 2. The fourth-order valence-electron chi connectivity index (χ4n) is 6.41. The molecule has 41 heavy (non-hydrogen) atoms. The second kappa shape index (κ2) is 16.8. The molecule has 0 aromatic heterocycles. The standard InChI is InChI=1S/C33H60N2O6/c1-8-9-10-11-12-13-14-15-18-24(23(2)3)29(36)35-27-20-17-16-19-25(27)26(31(38)39)21-34-30(37)28-32(4,5)22-40-33(6,7)41-28/h23-28H,8-22H2,1-7H3,(H,34,37)(H,35,36)(H,38,39)/p-1. The van der Waals surface area contributed by atoms with Gasteiger partial charge in [0, 0.05) is 35.8 Å². The molecule has 0 aromatic rings. The van der Waals surface area contributed by atoms with Gasteiger partial charge in [0.05, 0.1) is 6.61 Å². The molecule has 0 aromatic carbocycles. The predicted molar refractivity (Wildman–Crippen MR) is 160 cm³/mol. The zero-order valence-electron chi connectivity index (χ0n) is 27.0. The van der Waals surface area contributed by atoms with E-state index in [1.54, 1.807) is 13.8 Å². The van der Waals surface area contributed by atoms with Crippen LogP contribution in [0.25, 0.3) is 0 Å². The van der Waals surface area contributed by atoms with Gasteiger partial charge in [-0.1, -0.05) is 98.8 Å². The first-order valence-corrected chi connectivity index (χ1v) is 16.4. The van der Waals surface area contributed by atoms with E-state index in [1.165, 1.54) is 38.5 Å². The van der Waals surface area contributed by atoms with Crippen molar-refractivity contribution in [1.29, 1.82) is 0 Å². The first-order chi connectivity index (χ1) is 19.3. The SMILES string of the molecule is CCCCCCCCCCC(C(=O)NC1CCCCC1C(CNC(=O)C1OC(C)(C)OCC1(C)C)C(=O)[O-])C(C)C. The Morgan fingerprint density at radius 2 is 1.54 bits per heavy atom. The normalized spacial score (nSPS) is 25.3. The molecule has 2 rings (SSSR count). The van der Waals surface area contributed by atoms with Crippen molar-refractivity contribution in [2.75, 3.05) is 13.2 Å². The number of carboxylic acids is 1. The van der Waals surface area contributed by atoms with Crippen LogP contribution in [0.5, 0.6) is 0 Å². The van der Waals surface area contributed by atoms with Crippen LogP contribution in [0.4, 0.5) is 0 Å². The van der Waals surface area contributed by atoms with E-state index >= 15 is 0 Å². The molecule has 2 fully saturated rings. The van der Waals surface area contributed by atoms with Crippen LogP contribution in [0.1, 0.15) is 132 Å². The highest BCUT2D eigenvalue weighted by molar-refractivity contribution is 5.82. The van der Waals surface area contributed by atoms with Crippen molar-refractivity contribution in [2.24, 2.45) is 29.1 Å². The predicted octanol–water partition coefficient (Wildman–Crippen LogP) is 5.12. The molecule has 0 radical (unpaired) electrons. The first-order valence-electron chi connectivity index (χ1n) is 16.4. The number of carboxylic acid groups (broad SMARTS) is 1. The fourth-order valence-corrected chi connectivity index (χ4v) is 6.41. The third kappa shape index (κ3) is 11.5. The summed E-state index contributed by atoms with van der Waals surface area (Å²) >= 11 is 0. The van der Waals surface area contributed by atoms with E-state index < -0.39 is 29.2 Å². The third-order valence-corrected chi connectivity index (χ3v) is 9.11. The van der Waals surface area contributed by atoms with E-state index in [1.807, 2.05) is 13.8 Å². The molecule has 0 bridgehead atoms. The van der Waals surface area contributed by atoms with Crippen LogP contribution in [0.2, 0.25) is 0 Å². The molecule has 8 nitrogen and oxygen atoms in total. The molecule has 2 aliphatic rings. The van der Waals surface area contributed by atoms with Gasteiger partial charge in [-0.05, 0) is 44.9 Å². The quantitative estimate of drug-likeness (QED) is 0.231. The van der Waals surface area contributed by atoms with Gasteiger partial charge in [-0.3, -0.25) is 9.59 Å². The lowest BCUT2D eigenvalue weighted by Gasteiger charge is -2.45. The molecule has 1 saturated heterocycles. The Bertz CT molecular complexity index is 827. The van der Waals surface area contributed by atoms with E-state index in [9.17, 15) is 19.5 Å². The smallest absolute Gasteiger partial charge is 0.249 e. The summed E-state index contributed by atoms with van der Waals surface area (Å²) in [6.07, 6.45) is 13.2. The van der Waals surface area contributed by atoms with Crippen molar-refractivity contribution in [3.05, 3.63) is 0 Å². The largest absolute Gasteiger partial charge is 0.550 e. The van der Waals surface area contributed by atoms with E-state index in [0.717, 1.165) is 38.5 Å². The molecule has 5 atom stereocenters. The highest BCUT2D eigenvalue weighted by atomic mass is 16.7. The Labute approximate surface area is 249 Å². The second-order valence-corrected chi connectivity index (χ2v) is 14.0. The number of carbonyl (C=O) groups excluding carboxylic acids is 3. The monoisotopic (exact) mass is 579 g/mol. The third-order valence-electron chi connectivity index (χ3n) is 9.11. The molecule has 1 aliphatic carbocycles. The molecule has 1 saturated carbocycles. The highest BCUT2D eigenvalue weighted by Crippen LogP contribution is 2.35. The van der Waals surface area contributed by atoms with Crippen LogP contribution in [0.3, 0.4) is 0 Å². The topological polar surface area (TPSA) is 117 Å². The number of carbonyl (C=O) groups is 3. The number of aliphatic carboxylic acids is 1. The average Bonchev–Trinajstić information content (AvgIpc) is 2.89. The molecule has 8 heteroatoms. The second-order valence-electron chi connectivity index (χ2n) is 14.0. The average molecular weight is 580 g/mol. The number of nitrogens with one attached hydrogen (secondary N) is 2. The van der Waals surface area contributed by atoms with Crippen molar-refractivity contribution in [1.82, 2.24) is 10.6 Å². The number of rotatable bonds is 17. The van der Waals surface area contributed by atoms with Gasteiger partial charge in [0.15, 0.2) is 5.79 Å². The minimum Gasteiger partial charge on any atom is -0.550 e. The molecular weight excluding hydrogens is 520 g/mol. The number of unbranched alkanes of at least 4 members (excludes halogenated alkanes) is 7. The number of hydrogen-bond acceptors (Lipinski definition) is 6. The summed E-state index contributed by atoms with van der Waals surface area (Å²) in [5.41, 5.74) is -0.557. The van der Waals surface area contributed by atoms with Gasteiger partial charge in [-0.15, -0.1) is 0 Å². The minimum absolute atomic E-state index is 0.0283. The lowest BCUT2D eigenvalue weighted by Crippen LogP contribution is -2.58. The molecular formula is C33H59N2O6-. The van der Waals surface area contributed by atoms with Gasteiger partial charge in [-0.2, -0.15) is 0 Å². The molecule has 5 unspecified atom stereocenters. The van der Waals surface area contributed by atoms with E-state index in [2.05, 4.69) is 31.4 Å². The summed E-state index contributed by atoms with van der Waals surface area (Å²) in [5, 5.41) is 18.4. The van der Waals surface area contributed by atoms with E-state index in [4.69, 9.17) is 9.47 Å². The Hall–Kier alpha value is -1.67. The van der Waals surface area contributed by atoms with Crippen LogP contribution in [0.15, 0.2) is 0 Å². The molecule has 2 amide bonds. The van der Waals surface area contributed by atoms with Gasteiger partial charge >= 0.3 is 0 Å². The maximum absolute atomic E-state index is 13.5. The highest BCUT2D eigenvalue weighted by Gasteiger charge is 2.46. The van der Waals surface area contributed by atoms with Gasteiger partial charge in [0.1, 0.15) is 6.10 Å². The summed E-state index contributed by atoms with van der Waals surface area (Å²) in [6, 6.07) is -0.245. The van der Waals surface area contributed by atoms with Crippen molar-refractivity contribution in [3.8, 4) is 0 Å². The fraction of sp³-hybridized carbons (Fsp3) is 0.909. The molecule has 238 valence electrons. The van der Waals surface area contributed by atoms with Crippen LogP contribution >= 0.6 is 0 Å². The zero-order chi connectivity index (χ0) is 30.6. The Morgan fingerprint density at radius 3 is 2.15 bits per heavy atom. The lowest BCUT2D eigenvalue weighted by molar-refractivity contribution is -0.314. The molecule has 2 N–H and O–H groups in total. The first kappa shape index (κ1) is 35.5. The van der Waals surface area contributed by atoms with Crippen LogP contribution in [-0.2, 0) is 23.9 Å². The Kier molecular flexibility index (Phi) is 14.6. The summed E-state index contributed by atoms with van der Waals surface area (Å²) in [5.74, 6) is -3.48. The number of hydrogen-bond donors (Lipinski definition) is 2. The summed E-state index contributed by atoms with van der Waals surface area (Å²) in [4.78, 5) is 39.0. The maximum atomic E-state index is 13.5. The van der Waals surface area contributed by atoms with Crippen LogP contribution in [-0.4, -0.2) is 48.9 Å². The van der Waals surface area contributed by atoms with Gasteiger partial charge in [-0.25, -0.2) is 0 Å². The molecule has 1 heterocycles.